The van der Waals surface area contributed by atoms with Crippen LogP contribution in [0.2, 0.25) is 5.02 Å². The number of furan rings is 1. The van der Waals surface area contributed by atoms with Crippen LogP contribution in [-0.2, 0) is 6.54 Å². The van der Waals surface area contributed by atoms with Gasteiger partial charge in [0.05, 0.1) is 18.3 Å². The molecule has 1 N–H and O–H groups in total. The van der Waals surface area contributed by atoms with Crippen molar-refractivity contribution in [2.24, 2.45) is 0 Å². The van der Waals surface area contributed by atoms with Crippen molar-refractivity contribution in [3.05, 3.63) is 77.2 Å². The van der Waals surface area contributed by atoms with E-state index in [0.717, 1.165) is 22.2 Å². The van der Waals surface area contributed by atoms with E-state index < -0.39 is 0 Å². The maximum atomic E-state index is 6.02. The second-order valence-corrected chi connectivity index (χ2v) is 6.25. The van der Waals surface area contributed by atoms with Gasteiger partial charge in [-0.25, -0.2) is 0 Å². The van der Waals surface area contributed by atoms with Crippen molar-refractivity contribution in [2.45, 2.75) is 13.5 Å². The summed E-state index contributed by atoms with van der Waals surface area (Å²) < 4.78 is 11.3. The Balaban J connectivity index is 1.67. The second kappa shape index (κ2) is 7.06. The van der Waals surface area contributed by atoms with E-state index in [1.165, 1.54) is 0 Å². The summed E-state index contributed by atoms with van der Waals surface area (Å²) in [4.78, 5) is 9.01. The Labute approximate surface area is 155 Å². The number of hydrogen-bond donors (Lipinski definition) is 1. The number of anilines is 1. The summed E-state index contributed by atoms with van der Waals surface area (Å²) in [6.07, 6.45) is 1.68. The number of aryl methyl sites for hydroxylation is 1. The maximum Gasteiger partial charge on any atom is 0.324 e. The molecule has 2 aromatic carbocycles. The van der Waals surface area contributed by atoms with E-state index in [9.17, 15) is 0 Å². The van der Waals surface area contributed by atoms with E-state index in [1.807, 2.05) is 49.4 Å². The molecular formula is C20H16ClN3O2. The largest absolute Gasteiger partial charge is 0.467 e. The van der Waals surface area contributed by atoms with Gasteiger partial charge in [-0.3, -0.25) is 0 Å². The van der Waals surface area contributed by atoms with Gasteiger partial charge in [0.1, 0.15) is 17.3 Å². The number of ether oxygens (including phenoxy) is 1. The Morgan fingerprint density at radius 3 is 2.77 bits per heavy atom. The third-order valence-corrected chi connectivity index (χ3v) is 4.21. The van der Waals surface area contributed by atoms with E-state index in [2.05, 4.69) is 15.3 Å². The van der Waals surface area contributed by atoms with Gasteiger partial charge in [-0.1, -0.05) is 29.8 Å². The van der Waals surface area contributed by atoms with Gasteiger partial charge >= 0.3 is 6.01 Å². The molecule has 0 saturated heterocycles. The number of fused-ring (bicyclic) bond motifs is 1. The Bertz CT molecular complexity index is 1060. The molecular weight excluding hydrogens is 350 g/mol. The molecule has 0 spiro atoms. The number of aromatic nitrogens is 2. The zero-order chi connectivity index (χ0) is 17.9. The van der Waals surface area contributed by atoms with Crippen molar-refractivity contribution in [1.82, 2.24) is 9.97 Å². The average molecular weight is 366 g/mol. The lowest BCUT2D eigenvalue weighted by Crippen LogP contribution is -2.04. The van der Waals surface area contributed by atoms with Gasteiger partial charge in [0.25, 0.3) is 0 Å². The van der Waals surface area contributed by atoms with Gasteiger partial charge in [-0.05, 0) is 48.9 Å². The predicted octanol–water partition coefficient (Wildman–Crippen LogP) is 5.59. The lowest BCUT2D eigenvalue weighted by Gasteiger charge is -2.11. The predicted molar refractivity (Wildman–Crippen MR) is 102 cm³/mol. The number of para-hydroxylation sites is 1. The smallest absolute Gasteiger partial charge is 0.324 e. The molecule has 0 radical (unpaired) electrons. The highest BCUT2D eigenvalue weighted by molar-refractivity contribution is 6.30. The van der Waals surface area contributed by atoms with E-state index in [-0.39, 0.29) is 6.01 Å². The van der Waals surface area contributed by atoms with Crippen LogP contribution in [0.4, 0.5) is 5.82 Å². The number of rotatable bonds is 5. The van der Waals surface area contributed by atoms with E-state index in [0.29, 0.717) is 23.1 Å². The Hall–Kier alpha value is -3.05. The van der Waals surface area contributed by atoms with Gasteiger partial charge in [0, 0.05) is 10.4 Å². The summed E-state index contributed by atoms with van der Waals surface area (Å²) >= 11 is 6.02. The second-order valence-electron chi connectivity index (χ2n) is 5.81. The van der Waals surface area contributed by atoms with Crippen molar-refractivity contribution >= 4 is 28.3 Å². The summed E-state index contributed by atoms with van der Waals surface area (Å²) in [7, 11) is 0. The number of benzene rings is 2. The van der Waals surface area contributed by atoms with Crippen molar-refractivity contribution in [2.75, 3.05) is 5.32 Å². The Kier molecular flexibility index (Phi) is 4.46. The van der Waals surface area contributed by atoms with Crippen LogP contribution in [0.1, 0.15) is 11.3 Å². The molecule has 2 heterocycles. The summed E-state index contributed by atoms with van der Waals surface area (Å²) in [5.41, 5.74) is 1.88. The minimum Gasteiger partial charge on any atom is -0.467 e. The average Bonchev–Trinajstić information content (AvgIpc) is 3.04. The summed E-state index contributed by atoms with van der Waals surface area (Å²) in [5.74, 6) is 2.13. The zero-order valence-corrected chi connectivity index (χ0v) is 14.8. The quantitative estimate of drug-likeness (QED) is 0.499. The van der Waals surface area contributed by atoms with Crippen LogP contribution in [-0.4, -0.2) is 9.97 Å². The zero-order valence-electron chi connectivity index (χ0n) is 14.1. The maximum absolute atomic E-state index is 6.02. The molecule has 4 rings (SSSR count). The molecule has 26 heavy (non-hydrogen) atoms. The molecule has 0 bridgehead atoms. The number of halogens is 1. The monoisotopic (exact) mass is 365 g/mol. The molecule has 2 aromatic heterocycles. The van der Waals surface area contributed by atoms with Crippen LogP contribution in [0.25, 0.3) is 10.9 Å². The lowest BCUT2D eigenvalue weighted by molar-refractivity contribution is 0.445. The number of nitrogens with zero attached hydrogens (tertiary/aromatic N) is 2. The third kappa shape index (κ3) is 3.48. The van der Waals surface area contributed by atoms with Crippen LogP contribution in [0, 0.1) is 6.92 Å². The highest BCUT2D eigenvalue weighted by Gasteiger charge is 2.11. The van der Waals surface area contributed by atoms with Crippen molar-refractivity contribution in [3.63, 3.8) is 0 Å². The highest BCUT2D eigenvalue weighted by Crippen LogP contribution is 2.27. The first-order valence-electron chi connectivity index (χ1n) is 8.16. The van der Waals surface area contributed by atoms with E-state index in [1.54, 1.807) is 18.4 Å². The number of hydrogen-bond acceptors (Lipinski definition) is 5. The molecule has 0 fully saturated rings. The molecule has 0 aliphatic heterocycles. The molecule has 0 unspecified atom stereocenters. The SMILES string of the molecule is Cc1ccoc1CNc1nc(Oc2cccc(Cl)c2)nc2ccccc12. The summed E-state index contributed by atoms with van der Waals surface area (Å²) in [6.45, 7) is 2.53. The van der Waals surface area contributed by atoms with Crippen LogP contribution < -0.4 is 10.1 Å². The fourth-order valence-corrected chi connectivity index (χ4v) is 2.80. The van der Waals surface area contributed by atoms with Gasteiger partial charge in [-0.2, -0.15) is 9.97 Å². The van der Waals surface area contributed by atoms with Crippen LogP contribution in [0.3, 0.4) is 0 Å². The van der Waals surface area contributed by atoms with Crippen molar-refractivity contribution in [1.29, 1.82) is 0 Å². The first-order valence-corrected chi connectivity index (χ1v) is 8.54. The van der Waals surface area contributed by atoms with Crippen LogP contribution in [0.15, 0.2) is 65.3 Å². The highest BCUT2D eigenvalue weighted by atomic mass is 35.5. The molecule has 4 aromatic rings. The minimum atomic E-state index is 0.254. The first-order chi connectivity index (χ1) is 12.7. The minimum absolute atomic E-state index is 0.254. The third-order valence-electron chi connectivity index (χ3n) is 3.97. The lowest BCUT2D eigenvalue weighted by atomic mass is 10.2. The molecule has 0 saturated carbocycles. The summed E-state index contributed by atoms with van der Waals surface area (Å²) in [6, 6.07) is 17.1. The standard InChI is InChI=1S/C20H16ClN3O2/c1-13-9-10-25-18(13)12-22-19-16-7-2-3-8-17(16)23-20(24-19)26-15-6-4-5-14(21)11-15/h2-11H,12H2,1H3,(H,22,23,24). The van der Waals surface area contributed by atoms with Gasteiger partial charge in [0.15, 0.2) is 0 Å². The molecule has 130 valence electrons. The van der Waals surface area contributed by atoms with Gasteiger partial charge in [0.2, 0.25) is 0 Å². The number of nitrogens with one attached hydrogen (secondary N) is 1. The summed E-state index contributed by atoms with van der Waals surface area (Å²) in [5, 5.41) is 4.82. The van der Waals surface area contributed by atoms with Crippen molar-refractivity contribution in [3.8, 4) is 11.8 Å². The topological polar surface area (TPSA) is 60.2 Å². The fourth-order valence-electron chi connectivity index (χ4n) is 2.62. The molecule has 0 aliphatic rings. The molecule has 6 heteroatoms. The van der Waals surface area contributed by atoms with Gasteiger partial charge in [-0.15, -0.1) is 0 Å². The first kappa shape index (κ1) is 16.4. The van der Waals surface area contributed by atoms with Gasteiger partial charge < -0.3 is 14.5 Å². The normalized spacial score (nSPS) is 10.8. The fraction of sp³-hybridized carbons (Fsp3) is 0.100. The molecule has 0 atom stereocenters. The molecule has 5 nitrogen and oxygen atoms in total. The van der Waals surface area contributed by atoms with E-state index in [4.69, 9.17) is 20.8 Å². The Morgan fingerprint density at radius 1 is 1.08 bits per heavy atom. The Morgan fingerprint density at radius 2 is 1.96 bits per heavy atom. The van der Waals surface area contributed by atoms with Crippen molar-refractivity contribution < 1.29 is 9.15 Å². The van der Waals surface area contributed by atoms with Crippen LogP contribution in [0.5, 0.6) is 11.8 Å². The molecule has 0 amide bonds. The molecule has 0 aliphatic carbocycles. The van der Waals surface area contributed by atoms with Crippen LogP contribution >= 0.6 is 11.6 Å². The van der Waals surface area contributed by atoms with E-state index >= 15 is 0 Å².